The van der Waals surface area contributed by atoms with Crippen LogP contribution in [0.4, 0.5) is 11.4 Å². The highest BCUT2D eigenvalue weighted by molar-refractivity contribution is 6.35. The zero-order valence-corrected chi connectivity index (χ0v) is 28.7. The van der Waals surface area contributed by atoms with Crippen LogP contribution in [0, 0.1) is 0 Å². The number of aromatic nitrogens is 6. The third kappa shape index (κ3) is 7.10. The predicted molar refractivity (Wildman–Crippen MR) is 190 cm³/mol. The first-order valence-electron chi connectivity index (χ1n) is 18.4. The van der Waals surface area contributed by atoms with Crippen LogP contribution in [0.2, 0.25) is 10.0 Å². The Kier molecular flexibility index (Phi) is 8.18. The minimum absolute atomic E-state index is 0.0433. The van der Waals surface area contributed by atoms with Gasteiger partial charge in [0, 0.05) is 48.1 Å². The largest absolute Gasteiger partial charge is 0.491 e. The van der Waals surface area contributed by atoms with Crippen LogP contribution in [-0.4, -0.2) is 85.7 Å². The molecule has 4 heterocycles. The third-order valence-electron chi connectivity index (χ3n) is 8.77. The van der Waals surface area contributed by atoms with Crippen LogP contribution in [0.1, 0.15) is 32.3 Å². The van der Waals surface area contributed by atoms with E-state index in [0.29, 0.717) is 36.9 Å². The van der Waals surface area contributed by atoms with Crippen LogP contribution in [0.5, 0.6) is 5.75 Å². The SMILES string of the molecule is [2H]C([2H])(Oc1ccc(N2CCN(c3ccc(-n4cnn(C(C)C(C)O)c4=O)cc3)CC2)cc1)C1([2H])OC(Cn2cncn2)(c2ccc(Cl)cc2Cl)OC1([2H])[2H]. The van der Waals surface area contributed by atoms with Crippen LogP contribution >= 0.6 is 23.2 Å². The van der Waals surface area contributed by atoms with Gasteiger partial charge in [0.25, 0.3) is 0 Å². The second-order valence-corrected chi connectivity index (χ2v) is 12.8. The smallest absolute Gasteiger partial charge is 0.350 e. The van der Waals surface area contributed by atoms with Crippen molar-refractivity contribution in [3.8, 4) is 11.4 Å². The average Bonchev–Trinajstić information content (AvgIpc) is 3.85. The lowest BCUT2D eigenvalue weighted by Gasteiger charge is -2.37. The van der Waals surface area contributed by atoms with E-state index in [1.54, 1.807) is 38.1 Å². The van der Waals surface area contributed by atoms with Gasteiger partial charge in [-0.3, -0.25) is 0 Å². The molecule has 0 spiro atoms. The van der Waals surface area contributed by atoms with E-state index in [0.717, 1.165) is 11.4 Å². The summed E-state index contributed by atoms with van der Waals surface area (Å²) in [5.41, 5.74) is 2.31. The summed E-state index contributed by atoms with van der Waals surface area (Å²) in [6.07, 6.45) is 0.258. The molecule has 7 rings (SSSR count). The van der Waals surface area contributed by atoms with E-state index in [1.165, 1.54) is 51.1 Å². The van der Waals surface area contributed by atoms with E-state index in [9.17, 15) is 9.90 Å². The summed E-state index contributed by atoms with van der Waals surface area (Å²) in [4.78, 5) is 21.2. The van der Waals surface area contributed by atoms with Crippen LogP contribution in [0.3, 0.4) is 0 Å². The zero-order valence-electron chi connectivity index (χ0n) is 32.2. The molecule has 50 heavy (non-hydrogen) atoms. The van der Waals surface area contributed by atoms with Crippen LogP contribution in [-0.2, 0) is 21.8 Å². The second-order valence-electron chi connectivity index (χ2n) is 12.0. The van der Waals surface area contributed by atoms with Crippen molar-refractivity contribution in [2.45, 2.75) is 44.4 Å². The highest BCUT2D eigenvalue weighted by Gasteiger charge is 2.45. The molecule has 2 saturated heterocycles. The summed E-state index contributed by atoms with van der Waals surface area (Å²) in [7, 11) is 0. The van der Waals surface area contributed by atoms with Gasteiger partial charge in [0.2, 0.25) is 5.79 Å². The van der Waals surface area contributed by atoms with E-state index in [4.69, 9.17) is 44.3 Å². The molecule has 4 unspecified atom stereocenters. The van der Waals surface area contributed by atoms with E-state index < -0.39 is 37.1 Å². The Labute approximate surface area is 306 Å². The fraction of sp³-hybridized carbons (Fsp3) is 0.371. The maximum Gasteiger partial charge on any atom is 0.350 e. The van der Waals surface area contributed by atoms with Crippen LogP contribution < -0.4 is 20.2 Å². The highest BCUT2D eigenvalue weighted by atomic mass is 35.5. The zero-order chi connectivity index (χ0) is 39.3. The highest BCUT2D eigenvalue weighted by Crippen LogP contribution is 2.40. The van der Waals surface area contributed by atoms with Gasteiger partial charge in [0.1, 0.15) is 43.9 Å². The molecule has 0 amide bonds. The van der Waals surface area contributed by atoms with Crippen molar-refractivity contribution < 1.29 is 26.2 Å². The molecule has 5 aromatic rings. The number of halogens is 2. The first-order chi connectivity index (χ1) is 26.0. The number of aliphatic hydroxyl groups excluding tert-OH is 1. The van der Waals surface area contributed by atoms with Crippen molar-refractivity contribution in [2.75, 3.05) is 49.1 Å². The first kappa shape index (κ1) is 28.3. The molecule has 2 aromatic heterocycles. The summed E-state index contributed by atoms with van der Waals surface area (Å²) >= 11 is 12.6. The summed E-state index contributed by atoms with van der Waals surface area (Å²) in [6.45, 7) is -0.313. The predicted octanol–water partition coefficient (Wildman–Crippen LogP) is 4.55. The number of benzene rings is 3. The number of hydrogen-bond acceptors (Lipinski definition) is 10. The van der Waals surface area contributed by atoms with Crippen molar-refractivity contribution in [3.05, 3.63) is 112 Å². The number of hydrogen-bond donors (Lipinski definition) is 1. The van der Waals surface area contributed by atoms with Gasteiger partial charge in [-0.05, 0) is 74.5 Å². The summed E-state index contributed by atoms with van der Waals surface area (Å²) < 4.78 is 65.6. The van der Waals surface area contributed by atoms with Gasteiger partial charge in [0.05, 0.1) is 36.3 Å². The molecule has 262 valence electrons. The van der Waals surface area contributed by atoms with Crippen molar-refractivity contribution in [1.82, 2.24) is 29.1 Å². The van der Waals surface area contributed by atoms with E-state index in [2.05, 4.69) is 25.0 Å². The second kappa shape index (κ2) is 14.4. The molecule has 2 fully saturated rings. The Morgan fingerprint density at radius 3 is 2.28 bits per heavy atom. The topological polar surface area (TPSA) is 125 Å². The summed E-state index contributed by atoms with van der Waals surface area (Å²) in [5.74, 6) is -2.07. The van der Waals surface area contributed by atoms with E-state index in [-0.39, 0.29) is 28.6 Å². The van der Waals surface area contributed by atoms with Gasteiger partial charge in [0.15, 0.2) is 0 Å². The van der Waals surface area contributed by atoms with Crippen molar-refractivity contribution in [3.63, 3.8) is 0 Å². The molecule has 0 bridgehead atoms. The van der Waals surface area contributed by atoms with Gasteiger partial charge < -0.3 is 29.1 Å². The number of nitrogens with zero attached hydrogens (tertiary/aromatic N) is 8. The molecule has 2 aliphatic rings. The molecule has 3 aromatic carbocycles. The Morgan fingerprint density at radius 1 is 1.00 bits per heavy atom. The fourth-order valence-electron chi connectivity index (χ4n) is 5.82. The first-order valence-corrected chi connectivity index (χ1v) is 16.7. The van der Waals surface area contributed by atoms with E-state index >= 15 is 0 Å². The van der Waals surface area contributed by atoms with Gasteiger partial charge >= 0.3 is 5.69 Å². The Bertz CT molecular complexity index is 2180. The van der Waals surface area contributed by atoms with Crippen LogP contribution in [0.15, 0.2) is 90.5 Å². The third-order valence-corrected chi connectivity index (χ3v) is 9.32. The number of ether oxygens (including phenoxy) is 3. The molecular formula is C35H38Cl2N8O5. The molecule has 0 radical (unpaired) electrons. The quantitative estimate of drug-likeness (QED) is 0.207. The minimum atomic E-state index is -3.09. The van der Waals surface area contributed by atoms with Gasteiger partial charge in [-0.25, -0.2) is 23.7 Å². The van der Waals surface area contributed by atoms with E-state index in [1.807, 2.05) is 24.3 Å². The molecule has 2 aliphatic heterocycles. The van der Waals surface area contributed by atoms with Crippen molar-refractivity contribution in [1.29, 1.82) is 0 Å². The number of aliphatic hydroxyl groups is 1. The Morgan fingerprint density at radius 2 is 1.66 bits per heavy atom. The average molecular weight is 727 g/mol. The van der Waals surface area contributed by atoms with Gasteiger partial charge in [-0.1, -0.05) is 29.3 Å². The van der Waals surface area contributed by atoms with Crippen molar-refractivity contribution in [2.24, 2.45) is 0 Å². The molecule has 0 aliphatic carbocycles. The summed E-state index contributed by atoms with van der Waals surface area (Å²) in [6, 6.07) is 18.2. The molecule has 0 saturated carbocycles. The monoisotopic (exact) mass is 725 g/mol. The van der Waals surface area contributed by atoms with Crippen LogP contribution in [0.25, 0.3) is 5.69 Å². The lowest BCUT2D eigenvalue weighted by Crippen LogP contribution is -2.46. The number of anilines is 2. The standard InChI is InChI=1S/C35H38Cl2N8O5/c1-24(25(2)46)45-34(47)44(23-40-45)29-6-4-27(5-7-29)41-13-15-42(16-14-41)28-8-10-30(11-9-28)48-18-31-19-49-35(50-31,20-43-22-38-21-39-43)32-12-3-26(36)17-33(32)37/h3-12,17,21-25,31,46H,13-16,18-20H2,1-2H3/i18D2,19D2,31D. The molecule has 1 N–H and O–H groups in total. The lowest BCUT2D eigenvalue weighted by molar-refractivity contribution is -0.190. The maximum absolute atomic E-state index is 12.9. The summed E-state index contributed by atoms with van der Waals surface area (Å²) in [5, 5.41) is 18.4. The Balaban J connectivity index is 1.02. The molecular weight excluding hydrogens is 683 g/mol. The number of rotatable bonds is 11. The van der Waals surface area contributed by atoms with Gasteiger partial charge in [-0.2, -0.15) is 10.2 Å². The van der Waals surface area contributed by atoms with Crippen molar-refractivity contribution >= 4 is 34.6 Å². The lowest BCUT2D eigenvalue weighted by atomic mass is 10.1. The Hall–Kier alpha value is -4.40. The molecule has 13 nitrogen and oxygen atoms in total. The molecule has 4 atom stereocenters. The van der Waals surface area contributed by atoms with Gasteiger partial charge in [-0.15, -0.1) is 0 Å². The maximum atomic E-state index is 12.9. The fourth-order valence-corrected chi connectivity index (χ4v) is 6.37. The normalized spacial score (nSPS) is 24.9. The molecule has 15 heteroatoms. The number of piperazine rings is 1. The minimum Gasteiger partial charge on any atom is -0.491 e.